The third-order valence-corrected chi connectivity index (χ3v) is 2.64. The first kappa shape index (κ1) is 13.8. The summed E-state index contributed by atoms with van der Waals surface area (Å²) in [6, 6.07) is 9.28. The van der Waals surface area contributed by atoms with E-state index in [0.717, 1.165) is 0 Å². The van der Waals surface area contributed by atoms with Gasteiger partial charge in [0.2, 0.25) is 5.91 Å². The van der Waals surface area contributed by atoms with Crippen molar-refractivity contribution in [2.45, 2.75) is 12.8 Å². The number of carbonyl (C=O) groups is 2. The van der Waals surface area contributed by atoms with Gasteiger partial charge < -0.3 is 4.42 Å². The second-order valence-corrected chi connectivity index (χ2v) is 4.07. The standard InChI is InChI=1S/C14H13FN2O3/c15-11-5-2-1-4-10(11)7-8-13(18)16-17-14(19)12-6-3-9-20-12/h1-6,9H,7-8H2,(H,16,18)(H,17,19). The summed E-state index contributed by atoms with van der Waals surface area (Å²) in [6.45, 7) is 0. The van der Waals surface area contributed by atoms with Crippen molar-refractivity contribution >= 4 is 11.8 Å². The van der Waals surface area contributed by atoms with Crippen molar-refractivity contribution in [2.24, 2.45) is 0 Å². The predicted molar refractivity (Wildman–Crippen MR) is 69.0 cm³/mol. The summed E-state index contributed by atoms with van der Waals surface area (Å²) >= 11 is 0. The van der Waals surface area contributed by atoms with Crippen LogP contribution in [-0.2, 0) is 11.2 Å². The largest absolute Gasteiger partial charge is 0.459 e. The van der Waals surface area contributed by atoms with Gasteiger partial charge in [-0.05, 0) is 30.2 Å². The molecule has 5 nitrogen and oxygen atoms in total. The Labute approximate surface area is 114 Å². The van der Waals surface area contributed by atoms with Gasteiger partial charge in [0.05, 0.1) is 6.26 Å². The SMILES string of the molecule is O=C(CCc1ccccc1F)NNC(=O)c1ccco1. The molecule has 104 valence electrons. The van der Waals surface area contributed by atoms with E-state index < -0.39 is 11.8 Å². The molecule has 2 N–H and O–H groups in total. The highest BCUT2D eigenvalue weighted by atomic mass is 19.1. The molecule has 0 fully saturated rings. The van der Waals surface area contributed by atoms with E-state index in [0.29, 0.717) is 5.56 Å². The number of furan rings is 1. The molecule has 0 unspecified atom stereocenters. The van der Waals surface area contributed by atoms with Crippen LogP contribution < -0.4 is 10.9 Å². The van der Waals surface area contributed by atoms with Crippen molar-refractivity contribution in [3.63, 3.8) is 0 Å². The Kier molecular flexibility index (Phi) is 4.49. The molecule has 0 saturated heterocycles. The number of halogens is 1. The Balaban J connectivity index is 1.76. The molecule has 2 rings (SSSR count). The Bertz CT molecular complexity index is 596. The molecule has 2 aromatic rings. The first-order chi connectivity index (χ1) is 9.66. The summed E-state index contributed by atoms with van der Waals surface area (Å²) in [6.07, 6.45) is 1.68. The highest BCUT2D eigenvalue weighted by molar-refractivity contribution is 5.92. The Morgan fingerprint density at radius 3 is 2.60 bits per heavy atom. The van der Waals surface area contributed by atoms with Crippen molar-refractivity contribution < 1.29 is 18.4 Å². The fourth-order valence-electron chi connectivity index (χ4n) is 1.61. The molecule has 1 heterocycles. The van der Waals surface area contributed by atoms with E-state index in [1.54, 1.807) is 24.3 Å². The fraction of sp³-hybridized carbons (Fsp3) is 0.143. The molecule has 0 saturated carbocycles. The van der Waals surface area contributed by atoms with Crippen molar-refractivity contribution in [2.75, 3.05) is 0 Å². The second kappa shape index (κ2) is 6.51. The molecule has 0 aliphatic rings. The van der Waals surface area contributed by atoms with Crippen molar-refractivity contribution in [3.05, 3.63) is 59.8 Å². The maximum absolute atomic E-state index is 13.3. The maximum Gasteiger partial charge on any atom is 0.305 e. The lowest BCUT2D eigenvalue weighted by Crippen LogP contribution is -2.41. The highest BCUT2D eigenvalue weighted by Gasteiger charge is 2.10. The number of nitrogens with one attached hydrogen (secondary N) is 2. The molecule has 0 radical (unpaired) electrons. The molecular weight excluding hydrogens is 263 g/mol. The average molecular weight is 276 g/mol. The van der Waals surface area contributed by atoms with Crippen LogP contribution in [-0.4, -0.2) is 11.8 Å². The van der Waals surface area contributed by atoms with E-state index in [-0.39, 0.29) is 24.4 Å². The van der Waals surface area contributed by atoms with E-state index in [4.69, 9.17) is 4.42 Å². The number of hydrogen-bond acceptors (Lipinski definition) is 3. The Morgan fingerprint density at radius 1 is 1.10 bits per heavy atom. The van der Waals surface area contributed by atoms with E-state index in [9.17, 15) is 14.0 Å². The first-order valence-electron chi connectivity index (χ1n) is 6.03. The quantitative estimate of drug-likeness (QED) is 0.837. The van der Waals surface area contributed by atoms with E-state index in [1.165, 1.54) is 18.4 Å². The van der Waals surface area contributed by atoms with Gasteiger partial charge in [-0.15, -0.1) is 0 Å². The molecule has 2 amide bonds. The van der Waals surface area contributed by atoms with Crippen molar-refractivity contribution in [3.8, 4) is 0 Å². The lowest BCUT2D eigenvalue weighted by Gasteiger charge is -2.06. The number of amides is 2. The van der Waals surface area contributed by atoms with Crippen LogP contribution >= 0.6 is 0 Å². The molecule has 1 aromatic heterocycles. The van der Waals surface area contributed by atoms with Gasteiger partial charge in [-0.2, -0.15) is 0 Å². The van der Waals surface area contributed by atoms with Gasteiger partial charge in [0.25, 0.3) is 0 Å². The summed E-state index contributed by atoms with van der Waals surface area (Å²) < 4.78 is 18.2. The van der Waals surface area contributed by atoms with Crippen LogP contribution in [0.25, 0.3) is 0 Å². The first-order valence-corrected chi connectivity index (χ1v) is 6.03. The van der Waals surface area contributed by atoms with E-state index in [2.05, 4.69) is 10.9 Å². The fourth-order valence-corrected chi connectivity index (χ4v) is 1.61. The molecule has 0 aliphatic heterocycles. The molecule has 6 heteroatoms. The zero-order valence-electron chi connectivity index (χ0n) is 10.6. The minimum Gasteiger partial charge on any atom is -0.459 e. The van der Waals surface area contributed by atoms with Crippen LogP contribution in [0.2, 0.25) is 0 Å². The molecule has 0 atom stereocenters. The minimum atomic E-state index is -0.547. The van der Waals surface area contributed by atoms with Gasteiger partial charge in [-0.3, -0.25) is 20.4 Å². The van der Waals surface area contributed by atoms with Gasteiger partial charge in [0.15, 0.2) is 5.76 Å². The molecule has 0 spiro atoms. The number of aryl methyl sites for hydroxylation is 1. The molecular formula is C14H13FN2O3. The summed E-state index contributed by atoms with van der Waals surface area (Å²) in [5, 5.41) is 0. The molecule has 0 bridgehead atoms. The highest BCUT2D eigenvalue weighted by Crippen LogP contribution is 2.08. The zero-order chi connectivity index (χ0) is 14.4. The Morgan fingerprint density at radius 2 is 1.90 bits per heavy atom. The van der Waals surface area contributed by atoms with Crippen LogP contribution in [0.1, 0.15) is 22.5 Å². The number of hydrogen-bond donors (Lipinski definition) is 2. The second-order valence-electron chi connectivity index (χ2n) is 4.07. The normalized spacial score (nSPS) is 10.1. The summed E-state index contributed by atoms with van der Waals surface area (Å²) in [5.41, 5.74) is 4.91. The van der Waals surface area contributed by atoms with Crippen LogP contribution in [0.5, 0.6) is 0 Å². The summed E-state index contributed by atoms with van der Waals surface area (Å²) in [4.78, 5) is 23.0. The van der Waals surface area contributed by atoms with Crippen LogP contribution in [0.4, 0.5) is 4.39 Å². The number of rotatable bonds is 4. The number of hydrazine groups is 1. The van der Waals surface area contributed by atoms with Gasteiger partial charge in [0.1, 0.15) is 5.82 Å². The lowest BCUT2D eigenvalue weighted by molar-refractivity contribution is -0.121. The third-order valence-electron chi connectivity index (χ3n) is 2.64. The predicted octanol–water partition coefficient (Wildman–Crippen LogP) is 1.81. The minimum absolute atomic E-state index is 0.0688. The van der Waals surface area contributed by atoms with Gasteiger partial charge >= 0.3 is 5.91 Å². The molecule has 20 heavy (non-hydrogen) atoms. The van der Waals surface area contributed by atoms with Crippen molar-refractivity contribution in [1.29, 1.82) is 0 Å². The van der Waals surface area contributed by atoms with Crippen LogP contribution in [0, 0.1) is 5.82 Å². The summed E-state index contributed by atoms with van der Waals surface area (Å²) in [7, 11) is 0. The average Bonchev–Trinajstić information content (AvgIpc) is 2.98. The molecule has 0 aliphatic carbocycles. The van der Waals surface area contributed by atoms with Crippen LogP contribution in [0.3, 0.4) is 0 Å². The van der Waals surface area contributed by atoms with E-state index in [1.807, 2.05) is 0 Å². The van der Waals surface area contributed by atoms with Gasteiger partial charge in [-0.25, -0.2) is 4.39 Å². The Hall–Kier alpha value is -2.63. The number of benzene rings is 1. The van der Waals surface area contributed by atoms with Gasteiger partial charge in [0, 0.05) is 6.42 Å². The summed E-state index contributed by atoms with van der Waals surface area (Å²) in [5.74, 6) is -1.21. The zero-order valence-corrected chi connectivity index (χ0v) is 10.6. The molecule has 1 aromatic carbocycles. The number of carbonyl (C=O) groups excluding carboxylic acids is 2. The lowest BCUT2D eigenvalue weighted by atomic mass is 10.1. The van der Waals surface area contributed by atoms with Gasteiger partial charge in [-0.1, -0.05) is 18.2 Å². The maximum atomic E-state index is 13.3. The van der Waals surface area contributed by atoms with E-state index >= 15 is 0 Å². The topological polar surface area (TPSA) is 71.3 Å². The monoisotopic (exact) mass is 276 g/mol. The van der Waals surface area contributed by atoms with Crippen molar-refractivity contribution in [1.82, 2.24) is 10.9 Å². The third kappa shape index (κ3) is 3.68. The smallest absolute Gasteiger partial charge is 0.305 e. The van der Waals surface area contributed by atoms with Crippen LogP contribution in [0.15, 0.2) is 47.1 Å².